The Morgan fingerprint density at radius 2 is 2.12 bits per heavy atom. The van der Waals surface area contributed by atoms with E-state index in [0.29, 0.717) is 5.92 Å². The molecule has 0 radical (unpaired) electrons. The summed E-state index contributed by atoms with van der Waals surface area (Å²) >= 11 is 0. The van der Waals surface area contributed by atoms with Crippen LogP contribution in [0.15, 0.2) is 18.2 Å². The highest BCUT2D eigenvalue weighted by Gasteiger charge is 2.30. The van der Waals surface area contributed by atoms with Gasteiger partial charge in [-0.2, -0.15) is 0 Å². The number of nitrogens with zero attached hydrogens (tertiary/aromatic N) is 1. The number of likely N-dealkylation sites (N-methyl/N-ethyl adjacent to an activating group) is 1. The highest BCUT2D eigenvalue weighted by Crippen LogP contribution is 2.39. The predicted molar refractivity (Wildman–Crippen MR) is 68.1 cm³/mol. The minimum absolute atomic E-state index is 0.458. The molecule has 0 saturated heterocycles. The van der Waals surface area contributed by atoms with Crippen LogP contribution in [-0.2, 0) is 0 Å². The minimum atomic E-state index is -0.586. The Bertz CT molecular complexity index is 392. The second-order valence-electron chi connectivity index (χ2n) is 5.66. The van der Waals surface area contributed by atoms with E-state index in [1.807, 2.05) is 13.8 Å². The summed E-state index contributed by atoms with van der Waals surface area (Å²) in [5, 5.41) is 9.94. The molecule has 2 nitrogen and oxygen atoms in total. The van der Waals surface area contributed by atoms with Gasteiger partial charge in [0.05, 0.1) is 5.60 Å². The first-order chi connectivity index (χ1) is 7.37. The first-order valence-electron chi connectivity index (χ1n) is 5.91. The average Bonchev–Trinajstić information content (AvgIpc) is 2.40. The average molecular weight is 219 g/mol. The van der Waals surface area contributed by atoms with E-state index >= 15 is 0 Å². The number of fused-ring (bicyclic) bond motifs is 1. The third-order valence-electron chi connectivity index (χ3n) is 3.27. The quantitative estimate of drug-likeness (QED) is 0.826. The van der Waals surface area contributed by atoms with E-state index in [9.17, 15) is 5.11 Å². The number of rotatable bonds is 2. The van der Waals surface area contributed by atoms with Crippen LogP contribution in [0, 0.1) is 6.92 Å². The Kier molecular flexibility index (Phi) is 2.70. The second-order valence-corrected chi connectivity index (χ2v) is 5.66. The Labute approximate surface area is 97.9 Å². The molecule has 0 aromatic heterocycles. The predicted octanol–water partition coefficient (Wildman–Crippen LogP) is 2.69. The third kappa shape index (κ3) is 2.22. The number of hydrogen-bond donors (Lipinski definition) is 1. The van der Waals surface area contributed by atoms with Gasteiger partial charge in [-0.25, -0.2) is 0 Å². The second kappa shape index (κ2) is 3.77. The van der Waals surface area contributed by atoms with Crippen LogP contribution in [0.1, 0.15) is 37.3 Å². The van der Waals surface area contributed by atoms with E-state index in [1.54, 1.807) is 0 Å². The fourth-order valence-electron chi connectivity index (χ4n) is 2.65. The van der Waals surface area contributed by atoms with E-state index in [2.05, 4.69) is 37.1 Å². The van der Waals surface area contributed by atoms with Gasteiger partial charge in [-0.15, -0.1) is 0 Å². The van der Waals surface area contributed by atoms with Crippen molar-refractivity contribution < 1.29 is 5.11 Å². The van der Waals surface area contributed by atoms with Crippen molar-refractivity contribution in [3.63, 3.8) is 0 Å². The maximum absolute atomic E-state index is 9.94. The highest BCUT2D eigenvalue weighted by molar-refractivity contribution is 5.60. The topological polar surface area (TPSA) is 23.5 Å². The monoisotopic (exact) mass is 219 g/mol. The lowest BCUT2D eigenvalue weighted by molar-refractivity contribution is 0.0644. The summed E-state index contributed by atoms with van der Waals surface area (Å²) < 4.78 is 0. The molecule has 0 bridgehead atoms. The van der Waals surface area contributed by atoms with Crippen molar-refractivity contribution in [2.75, 3.05) is 18.5 Å². The van der Waals surface area contributed by atoms with E-state index in [-0.39, 0.29) is 0 Å². The molecule has 1 atom stereocenters. The highest BCUT2D eigenvalue weighted by atomic mass is 16.3. The maximum atomic E-state index is 9.94. The number of anilines is 1. The number of hydrogen-bond acceptors (Lipinski definition) is 2. The summed E-state index contributed by atoms with van der Waals surface area (Å²) in [5.41, 5.74) is 3.43. The van der Waals surface area contributed by atoms with Gasteiger partial charge in [-0.1, -0.05) is 17.7 Å². The van der Waals surface area contributed by atoms with Crippen molar-refractivity contribution in [1.29, 1.82) is 0 Å². The van der Waals surface area contributed by atoms with Crippen molar-refractivity contribution in [2.45, 2.75) is 38.7 Å². The zero-order valence-electron chi connectivity index (χ0n) is 10.6. The first kappa shape index (κ1) is 11.5. The molecule has 1 aromatic carbocycles. The van der Waals surface area contributed by atoms with Gasteiger partial charge in [0.2, 0.25) is 0 Å². The lowest BCUT2D eigenvalue weighted by Crippen LogP contribution is -2.24. The molecule has 2 heteroatoms. The number of aryl methyl sites for hydroxylation is 1. The molecule has 0 aliphatic carbocycles. The standard InChI is InChI=1S/C14H21NO/c1-10-5-6-13-12(7-10)11(9-15(13)4)8-14(2,3)16/h5-7,11,16H,8-9H2,1-4H3. The molecule has 0 spiro atoms. The summed E-state index contributed by atoms with van der Waals surface area (Å²) in [6, 6.07) is 6.60. The van der Waals surface area contributed by atoms with Gasteiger partial charge in [0, 0.05) is 25.2 Å². The van der Waals surface area contributed by atoms with Crippen LogP contribution in [-0.4, -0.2) is 24.3 Å². The molecular formula is C14H21NO. The molecule has 0 saturated carbocycles. The van der Waals surface area contributed by atoms with Gasteiger partial charge in [0.1, 0.15) is 0 Å². The van der Waals surface area contributed by atoms with E-state index in [0.717, 1.165) is 13.0 Å². The zero-order chi connectivity index (χ0) is 11.9. The SMILES string of the molecule is Cc1ccc2c(c1)C(CC(C)(C)O)CN2C. The molecule has 2 rings (SSSR count). The van der Waals surface area contributed by atoms with Crippen LogP contribution in [0.2, 0.25) is 0 Å². The Morgan fingerprint density at radius 3 is 2.75 bits per heavy atom. The molecule has 1 unspecified atom stereocenters. The van der Waals surface area contributed by atoms with Crippen LogP contribution in [0.4, 0.5) is 5.69 Å². The van der Waals surface area contributed by atoms with Crippen molar-refractivity contribution in [3.8, 4) is 0 Å². The van der Waals surface area contributed by atoms with Gasteiger partial charge >= 0.3 is 0 Å². The summed E-state index contributed by atoms with van der Waals surface area (Å²) in [7, 11) is 2.12. The van der Waals surface area contributed by atoms with Crippen molar-refractivity contribution >= 4 is 5.69 Å². The van der Waals surface area contributed by atoms with E-state index in [1.165, 1.54) is 16.8 Å². The van der Waals surface area contributed by atoms with Crippen LogP contribution < -0.4 is 4.90 Å². The molecular weight excluding hydrogens is 198 g/mol. The first-order valence-corrected chi connectivity index (χ1v) is 5.91. The normalized spacial score (nSPS) is 20.1. The third-order valence-corrected chi connectivity index (χ3v) is 3.27. The van der Waals surface area contributed by atoms with E-state index < -0.39 is 5.60 Å². The number of aliphatic hydroxyl groups is 1. The Balaban J connectivity index is 2.31. The maximum Gasteiger partial charge on any atom is 0.0598 e. The fourth-order valence-corrected chi connectivity index (χ4v) is 2.65. The van der Waals surface area contributed by atoms with Crippen LogP contribution in [0.3, 0.4) is 0 Å². The molecule has 0 fully saturated rings. The fraction of sp³-hybridized carbons (Fsp3) is 0.571. The molecule has 88 valence electrons. The molecule has 1 aliphatic rings. The van der Waals surface area contributed by atoms with Crippen molar-refractivity contribution in [1.82, 2.24) is 0 Å². The minimum Gasteiger partial charge on any atom is -0.390 e. The van der Waals surface area contributed by atoms with Gasteiger partial charge in [0.25, 0.3) is 0 Å². The van der Waals surface area contributed by atoms with Gasteiger partial charge in [-0.05, 0) is 38.8 Å². The Morgan fingerprint density at radius 1 is 1.44 bits per heavy atom. The van der Waals surface area contributed by atoms with Gasteiger partial charge < -0.3 is 10.0 Å². The Hall–Kier alpha value is -1.02. The van der Waals surface area contributed by atoms with Gasteiger partial charge in [-0.3, -0.25) is 0 Å². The van der Waals surface area contributed by atoms with E-state index in [4.69, 9.17) is 0 Å². The van der Waals surface area contributed by atoms with Gasteiger partial charge in [0.15, 0.2) is 0 Å². The summed E-state index contributed by atoms with van der Waals surface area (Å²) in [5.74, 6) is 0.458. The van der Waals surface area contributed by atoms with Crippen molar-refractivity contribution in [3.05, 3.63) is 29.3 Å². The molecule has 0 amide bonds. The summed E-state index contributed by atoms with van der Waals surface area (Å²) in [6.45, 7) is 6.92. The largest absolute Gasteiger partial charge is 0.390 e. The zero-order valence-corrected chi connectivity index (χ0v) is 10.6. The number of benzene rings is 1. The van der Waals surface area contributed by atoms with Crippen LogP contribution >= 0.6 is 0 Å². The van der Waals surface area contributed by atoms with Crippen LogP contribution in [0.5, 0.6) is 0 Å². The molecule has 1 heterocycles. The summed E-state index contributed by atoms with van der Waals surface area (Å²) in [6.07, 6.45) is 0.827. The molecule has 16 heavy (non-hydrogen) atoms. The lowest BCUT2D eigenvalue weighted by Gasteiger charge is -2.22. The van der Waals surface area contributed by atoms with Crippen molar-refractivity contribution in [2.24, 2.45) is 0 Å². The lowest BCUT2D eigenvalue weighted by atomic mass is 9.89. The molecule has 1 aromatic rings. The van der Waals surface area contributed by atoms with Crippen LogP contribution in [0.25, 0.3) is 0 Å². The molecule has 1 aliphatic heterocycles. The molecule has 1 N–H and O–H groups in total. The summed E-state index contributed by atoms with van der Waals surface area (Å²) in [4.78, 5) is 2.28. The smallest absolute Gasteiger partial charge is 0.0598 e.